The van der Waals surface area contributed by atoms with Crippen LogP contribution in [0.1, 0.15) is 17.2 Å². The number of nitrogens with zero attached hydrogens (tertiary/aromatic N) is 1. The minimum Gasteiger partial charge on any atom is -0.387 e. The van der Waals surface area contributed by atoms with E-state index < -0.39 is 6.10 Å². The lowest BCUT2D eigenvalue weighted by Crippen LogP contribution is -2.11. The highest BCUT2D eigenvalue weighted by molar-refractivity contribution is 7.07. The van der Waals surface area contributed by atoms with E-state index in [9.17, 15) is 5.11 Å². The number of anilines is 1. The molecule has 0 aliphatic rings. The lowest BCUT2D eigenvalue weighted by molar-refractivity contribution is 0.192. The van der Waals surface area contributed by atoms with Crippen LogP contribution < -0.4 is 5.32 Å². The Balaban J connectivity index is 2.00. The van der Waals surface area contributed by atoms with Crippen LogP contribution >= 0.6 is 22.9 Å². The van der Waals surface area contributed by atoms with Crippen molar-refractivity contribution >= 4 is 28.6 Å². The summed E-state index contributed by atoms with van der Waals surface area (Å²) in [6.07, 6.45) is -0.567. The molecule has 1 aromatic carbocycles. The van der Waals surface area contributed by atoms with Gasteiger partial charge in [-0.25, -0.2) is 0 Å². The zero-order chi connectivity index (χ0) is 13.0. The molecule has 0 saturated heterocycles. The molecule has 2 aromatic rings. The van der Waals surface area contributed by atoms with Gasteiger partial charge in [0.2, 0.25) is 0 Å². The van der Waals surface area contributed by atoms with Gasteiger partial charge in [-0.05, 0) is 40.6 Å². The molecule has 0 amide bonds. The standard InChI is InChI=1S/C13H11ClN2OS/c14-11-5-9(6-15)1-2-12(11)16-7-13(17)10-3-4-18-8-10/h1-5,8,13,16-17H,7H2. The SMILES string of the molecule is N#Cc1ccc(NCC(O)c2ccsc2)c(Cl)c1. The van der Waals surface area contributed by atoms with E-state index in [-0.39, 0.29) is 0 Å². The third-order valence-electron chi connectivity index (χ3n) is 2.51. The molecular formula is C13H11ClN2OS. The maximum absolute atomic E-state index is 9.91. The minimum absolute atomic E-state index is 0.377. The maximum Gasteiger partial charge on any atom is 0.0992 e. The van der Waals surface area contributed by atoms with Crippen molar-refractivity contribution < 1.29 is 5.11 Å². The highest BCUT2D eigenvalue weighted by atomic mass is 35.5. The van der Waals surface area contributed by atoms with Crippen LogP contribution in [-0.2, 0) is 0 Å². The predicted molar refractivity (Wildman–Crippen MR) is 73.9 cm³/mol. The van der Waals surface area contributed by atoms with E-state index in [0.717, 1.165) is 5.56 Å². The number of halogens is 1. The lowest BCUT2D eigenvalue weighted by Gasteiger charge is -2.12. The lowest BCUT2D eigenvalue weighted by atomic mass is 10.2. The fourth-order valence-corrected chi connectivity index (χ4v) is 2.47. The average Bonchev–Trinajstić information content (AvgIpc) is 2.90. The second-order valence-corrected chi connectivity index (χ2v) is 4.95. The maximum atomic E-state index is 9.91. The van der Waals surface area contributed by atoms with Crippen LogP contribution in [0.25, 0.3) is 0 Å². The highest BCUT2D eigenvalue weighted by Crippen LogP contribution is 2.24. The summed E-state index contributed by atoms with van der Waals surface area (Å²) >= 11 is 7.57. The fraction of sp³-hybridized carbons (Fsp3) is 0.154. The molecule has 18 heavy (non-hydrogen) atoms. The molecule has 0 spiro atoms. The van der Waals surface area contributed by atoms with Gasteiger partial charge in [0, 0.05) is 6.54 Å². The van der Waals surface area contributed by atoms with E-state index in [1.54, 1.807) is 29.5 Å². The van der Waals surface area contributed by atoms with Crippen LogP contribution in [0.5, 0.6) is 0 Å². The Morgan fingerprint density at radius 1 is 1.44 bits per heavy atom. The molecule has 92 valence electrons. The zero-order valence-corrected chi connectivity index (χ0v) is 11.0. The Kier molecular flexibility index (Phi) is 4.21. The van der Waals surface area contributed by atoms with Gasteiger partial charge in [-0.1, -0.05) is 11.6 Å². The van der Waals surface area contributed by atoms with Gasteiger partial charge in [0.15, 0.2) is 0 Å². The molecule has 0 aliphatic heterocycles. The topological polar surface area (TPSA) is 56.0 Å². The normalized spacial score (nSPS) is 11.8. The van der Waals surface area contributed by atoms with Gasteiger partial charge in [-0.2, -0.15) is 16.6 Å². The zero-order valence-electron chi connectivity index (χ0n) is 9.43. The average molecular weight is 279 g/mol. The number of benzene rings is 1. The third kappa shape index (κ3) is 3.02. The van der Waals surface area contributed by atoms with Gasteiger partial charge in [-0.3, -0.25) is 0 Å². The van der Waals surface area contributed by atoms with E-state index in [4.69, 9.17) is 16.9 Å². The molecule has 0 radical (unpaired) electrons. The molecule has 2 N–H and O–H groups in total. The largest absolute Gasteiger partial charge is 0.387 e. The van der Waals surface area contributed by atoms with E-state index >= 15 is 0 Å². The van der Waals surface area contributed by atoms with Crippen molar-refractivity contribution in [2.45, 2.75) is 6.10 Å². The second-order valence-electron chi connectivity index (χ2n) is 3.76. The number of aliphatic hydroxyl groups is 1. The molecule has 0 aliphatic carbocycles. The van der Waals surface area contributed by atoms with Crippen molar-refractivity contribution in [1.82, 2.24) is 0 Å². The van der Waals surface area contributed by atoms with Crippen molar-refractivity contribution in [2.75, 3.05) is 11.9 Å². The summed E-state index contributed by atoms with van der Waals surface area (Å²) in [5.74, 6) is 0. The van der Waals surface area contributed by atoms with Crippen LogP contribution in [0.15, 0.2) is 35.0 Å². The first kappa shape index (κ1) is 12.9. The first-order chi connectivity index (χ1) is 8.70. The molecule has 0 saturated carbocycles. The smallest absolute Gasteiger partial charge is 0.0992 e. The van der Waals surface area contributed by atoms with Gasteiger partial charge >= 0.3 is 0 Å². The Hall–Kier alpha value is -1.54. The van der Waals surface area contributed by atoms with E-state index in [1.807, 2.05) is 22.9 Å². The summed E-state index contributed by atoms with van der Waals surface area (Å²) in [5, 5.41) is 26.0. The number of nitriles is 1. The molecule has 0 bridgehead atoms. The summed E-state index contributed by atoms with van der Waals surface area (Å²) in [5.41, 5.74) is 2.12. The van der Waals surface area contributed by atoms with Gasteiger partial charge in [0.05, 0.1) is 28.4 Å². The molecule has 1 heterocycles. The summed E-state index contributed by atoms with van der Waals surface area (Å²) in [6.45, 7) is 0.377. The number of thiophene rings is 1. The van der Waals surface area contributed by atoms with Crippen LogP contribution in [0.2, 0.25) is 5.02 Å². The van der Waals surface area contributed by atoms with Gasteiger partial charge in [-0.15, -0.1) is 0 Å². The van der Waals surface area contributed by atoms with Crippen molar-refractivity contribution in [3.63, 3.8) is 0 Å². The molecule has 1 atom stereocenters. The summed E-state index contributed by atoms with van der Waals surface area (Å²) in [7, 11) is 0. The quantitative estimate of drug-likeness (QED) is 0.901. The van der Waals surface area contributed by atoms with Crippen molar-refractivity contribution in [3.8, 4) is 6.07 Å². The van der Waals surface area contributed by atoms with Crippen LogP contribution in [-0.4, -0.2) is 11.7 Å². The third-order valence-corrected chi connectivity index (χ3v) is 3.53. The van der Waals surface area contributed by atoms with E-state index in [2.05, 4.69) is 5.32 Å². The Labute approximate surface area is 114 Å². The first-order valence-electron chi connectivity index (χ1n) is 5.34. The number of rotatable bonds is 4. The molecule has 1 aromatic heterocycles. The number of aliphatic hydroxyl groups excluding tert-OH is 1. The van der Waals surface area contributed by atoms with Crippen LogP contribution in [0.3, 0.4) is 0 Å². The summed E-state index contributed by atoms with van der Waals surface area (Å²) in [6, 6.07) is 8.93. The minimum atomic E-state index is -0.567. The Bertz CT molecular complexity index is 563. The van der Waals surface area contributed by atoms with Gasteiger partial charge in [0.25, 0.3) is 0 Å². The van der Waals surface area contributed by atoms with E-state index in [0.29, 0.717) is 22.8 Å². The molecule has 1 unspecified atom stereocenters. The second kappa shape index (κ2) is 5.87. The van der Waals surface area contributed by atoms with Crippen LogP contribution in [0.4, 0.5) is 5.69 Å². The highest BCUT2D eigenvalue weighted by Gasteiger charge is 2.08. The number of nitrogens with one attached hydrogen (secondary N) is 1. The van der Waals surface area contributed by atoms with Gasteiger partial charge < -0.3 is 10.4 Å². The van der Waals surface area contributed by atoms with Crippen molar-refractivity contribution in [2.24, 2.45) is 0 Å². The summed E-state index contributed by atoms with van der Waals surface area (Å²) in [4.78, 5) is 0. The molecule has 2 rings (SSSR count). The number of hydrogen-bond donors (Lipinski definition) is 2. The predicted octanol–water partition coefficient (Wildman–Crippen LogP) is 3.42. The first-order valence-corrected chi connectivity index (χ1v) is 6.66. The Morgan fingerprint density at radius 2 is 2.28 bits per heavy atom. The summed E-state index contributed by atoms with van der Waals surface area (Å²) < 4.78 is 0. The van der Waals surface area contributed by atoms with Gasteiger partial charge in [0.1, 0.15) is 0 Å². The fourth-order valence-electron chi connectivity index (χ4n) is 1.52. The Morgan fingerprint density at radius 3 is 2.89 bits per heavy atom. The molecule has 0 fully saturated rings. The van der Waals surface area contributed by atoms with Crippen molar-refractivity contribution in [3.05, 3.63) is 51.2 Å². The molecule has 5 heteroatoms. The van der Waals surface area contributed by atoms with Crippen molar-refractivity contribution in [1.29, 1.82) is 5.26 Å². The molecular weight excluding hydrogens is 268 g/mol. The van der Waals surface area contributed by atoms with E-state index in [1.165, 1.54) is 0 Å². The van der Waals surface area contributed by atoms with Crippen LogP contribution in [0, 0.1) is 11.3 Å². The number of hydrogen-bond acceptors (Lipinski definition) is 4. The monoisotopic (exact) mass is 278 g/mol. The molecule has 3 nitrogen and oxygen atoms in total.